The van der Waals surface area contributed by atoms with Gasteiger partial charge in [-0.1, -0.05) is 26.3 Å². The molecule has 0 rings (SSSR count). The van der Waals surface area contributed by atoms with Crippen molar-refractivity contribution in [3.63, 3.8) is 0 Å². The fourth-order valence-electron chi connectivity index (χ4n) is 0.613. The second kappa shape index (κ2) is 5.54. The van der Waals surface area contributed by atoms with Crippen molar-refractivity contribution in [1.29, 1.82) is 5.41 Å². The van der Waals surface area contributed by atoms with E-state index in [2.05, 4.69) is 13.8 Å². The van der Waals surface area contributed by atoms with Crippen LogP contribution in [-0.2, 0) is 0 Å². The zero-order chi connectivity index (χ0) is 7.11. The van der Waals surface area contributed by atoms with Crippen LogP contribution in [0.15, 0.2) is 12.2 Å². The van der Waals surface area contributed by atoms with Crippen LogP contribution in [-0.4, -0.2) is 5.71 Å². The summed E-state index contributed by atoms with van der Waals surface area (Å²) in [5.74, 6) is 0. The van der Waals surface area contributed by atoms with E-state index in [0.29, 0.717) is 0 Å². The summed E-state index contributed by atoms with van der Waals surface area (Å²) in [5.41, 5.74) is 0.749. The summed E-state index contributed by atoms with van der Waals surface area (Å²) in [7, 11) is 0. The lowest BCUT2D eigenvalue weighted by molar-refractivity contribution is 0.989. The molecule has 0 fully saturated rings. The quantitative estimate of drug-likeness (QED) is 0.559. The minimum absolute atomic E-state index is 0.749. The number of hydrogen-bond acceptors (Lipinski definition) is 1. The smallest absolute Gasteiger partial charge is 0.0310 e. The number of allylic oxidation sites excluding steroid dienone is 2. The molecule has 0 aromatic heterocycles. The summed E-state index contributed by atoms with van der Waals surface area (Å²) in [5, 5.41) is 7.31. The second-order valence-electron chi connectivity index (χ2n) is 2.09. The Kier molecular flexibility index (Phi) is 5.18. The molecule has 0 aromatic carbocycles. The van der Waals surface area contributed by atoms with E-state index in [0.717, 1.165) is 25.0 Å². The van der Waals surface area contributed by atoms with Gasteiger partial charge in [-0.3, -0.25) is 0 Å². The predicted octanol–water partition coefficient (Wildman–Crippen LogP) is 2.77. The number of nitrogens with one attached hydrogen (secondary N) is 1. The molecular weight excluding hydrogens is 110 g/mol. The average Bonchev–Trinajstić information content (AvgIpc) is 1.85. The van der Waals surface area contributed by atoms with Crippen molar-refractivity contribution in [1.82, 2.24) is 0 Å². The van der Waals surface area contributed by atoms with Crippen molar-refractivity contribution in [3.05, 3.63) is 12.2 Å². The average molecular weight is 125 g/mol. The first-order valence-electron chi connectivity index (χ1n) is 3.55. The summed E-state index contributed by atoms with van der Waals surface area (Å²) >= 11 is 0. The van der Waals surface area contributed by atoms with Gasteiger partial charge < -0.3 is 5.41 Å². The fourth-order valence-corrected chi connectivity index (χ4v) is 0.613. The number of rotatable bonds is 4. The highest BCUT2D eigenvalue weighted by Crippen LogP contribution is 1.91. The monoisotopic (exact) mass is 125 g/mol. The first-order chi connectivity index (χ1) is 4.31. The molecule has 0 saturated heterocycles. The van der Waals surface area contributed by atoms with Gasteiger partial charge in [-0.25, -0.2) is 0 Å². The standard InChI is InChI=1S/C8H15N/c1-3-5-7-8(9)6-4-2/h5,7,9H,3-4,6H2,1-2H3/b7-5+,9-8?. The first kappa shape index (κ1) is 8.41. The molecule has 0 bridgehead atoms. The summed E-state index contributed by atoms with van der Waals surface area (Å²) in [4.78, 5) is 0. The van der Waals surface area contributed by atoms with Gasteiger partial charge in [-0.2, -0.15) is 0 Å². The molecule has 0 aliphatic heterocycles. The lowest BCUT2D eigenvalue weighted by atomic mass is 10.2. The Morgan fingerprint density at radius 2 is 2.11 bits per heavy atom. The van der Waals surface area contributed by atoms with Crippen molar-refractivity contribution < 1.29 is 0 Å². The molecule has 0 spiro atoms. The molecule has 1 heteroatoms. The highest BCUT2D eigenvalue weighted by atomic mass is 14.4. The van der Waals surface area contributed by atoms with E-state index in [-0.39, 0.29) is 0 Å². The molecule has 1 nitrogen and oxygen atoms in total. The largest absolute Gasteiger partial charge is 0.305 e. The Morgan fingerprint density at radius 1 is 1.44 bits per heavy atom. The van der Waals surface area contributed by atoms with Crippen molar-refractivity contribution in [2.24, 2.45) is 0 Å². The molecule has 0 amide bonds. The van der Waals surface area contributed by atoms with Gasteiger partial charge >= 0.3 is 0 Å². The van der Waals surface area contributed by atoms with Crippen LogP contribution in [0.25, 0.3) is 0 Å². The third-order valence-corrected chi connectivity index (χ3v) is 1.07. The molecule has 0 saturated carbocycles. The minimum Gasteiger partial charge on any atom is -0.305 e. The molecule has 9 heavy (non-hydrogen) atoms. The van der Waals surface area contributed by atoms with E-state index in [9.17, 15) is 0 Å². The topological polar surface area (TPSA) is 23.9 Å². The van der Waals surface area contributed by atoms with Crippen LogP contribution >= 0.6 is 0 Å². The Bertz CT molecular complexity index is 103. The van der Waals surface area contributed by atoms with Crippen LogP contribution in [0.4, 0.5) is 0 Å². The molecule has 0 aliphatic carbocycles. The van der Waals surface area contributed by atoms with Crippen LogP contribution in [0.1, 0.15) is 33.1 Å². The van der Waals surface area contributed by atoms with E-state index < -0.39 is 0 Å². The maximum Gasteiger partial charge on any atom is 0.0310 e. The highest BCUT2D eigenvalue weighted by molar-refractivity contribution is 5.92. The molecule has 1 N–H and O–H groups in total. The Hall–Kier alpha value is -0.590. The maximum atomic E-state index is 7.31. The number of hydrogen-bond donors (Lipinski definition) is 1. The molecular formula is C8H15N. The summed E-state index contributed by atoms with van der Waals surface area (Å²) in [6.45, 7) is 4.17. The third-order valence-electron chi connectivity index (χ3n) is 1.07. The molecule has 0 unspecified atom stereocenters. The van der Waals surface area contributed by atoms with Gasteiger partial charge in [0.1, 0.15) is 0 Å². The zero-order valence-corrected chi connectivity index (χ0v) is 6.28. The van der Waals surface area contributed by atoms with Crippen molar-refractivity contribution in [3.8, 4) is 0 Å². The normalized spacial score (nSPS) is 10.4. The Balaban J connectivity index is 3.37. The summed E-state index contributed by atoms with van der Waals surface area (Å²) in [6, 6.07) is 0. The Morgan fingerprint density at radius 3 is 2.56 bits per heavy atom. The van der Waals surface area contributed by atoms with E-state index in [1.54, 1.807) is 0 Å². The molecule has 0 aromatic rings. The first-order valence-corrected chi connectivity index (χ1v) is 3.55. The predicted molar refractivity (Wildman–Crippen MR) is 42.1 cm³/mol. The van der Waals surface area contributed by atoms with Crippen LogP contribution in [0.3, 0.4) is 0 Å². The lowest BCUT2D eigenvalue weighted by Gasteiger charge is -1.90. The Labute approximate surface area is 57.3 Å². The minimum atomic E-state index is 0.749. The van der Waals surface area contributed by atoms with Crippen molar-refractivity contribution in [2.75, 3.05) is 0 Å². The van der Waals surface area contributed by atoms with E-state index in [4.69, 9.17) is 5.41 Å². The molecule has 0 aliphatic rings. The van der Waals surface area contributed by atoms with Crippen LogP contribution in [0.2, 0.25) is 0 Å². The zero-order valence-electron chi connectivity index (χ0n) is 6.28. The summed E-state index contributed by atoms with van der Waals surface area (Å²) < 4.78 is 0. The van der Waals surface area contributed by atoms with Crippen LogP contribution < -0.4 is 0 Å². The van der Waals surface area contributed by atoms with Gasteiger partial charge in [0.2, 0.25) is 0 Å². The summed E-state index contributed by atoms with van der Waals surface area (Å²) in [6.07, 6.45) is 6.94. The van der Waals surface area contributed by atoms with Gasteiger partial charge in [-0.05, 0) is 18.9 Å². The van der Waals surface area contributed by atoms with Gasteiger partial charge in [0.05, 0.1) is 0 Å². The molecule has 0 heterocycles. The third kappa shape index (κ3) is 5.28. The van der Waals surface area contributed by atoms with Crippen molar-refractivity contribution >= 4 is 5.71 Å². The van der Waals surface area contributed by atoms with Crippen LogP contribution in [0, 0.1) is 5.41 Å². The lowest BCUT2D eigenvalue weighted by Crippen LogP contribution is -1.87. The van der Waals surface area contributed by atoms with Gasteiger partial charge in [0.15, 0.2) is 0 Å². The van der Waals surface area contributed by atoms with Gasteiger partial charge in [-0.15, -0.1) is 0 Å². The van der Waals surface area contributed by atoms with E-state index >= 15 is 0 Å². The van der Waals surface area contributed by atoms with E-state index in [1.807, 2.05) is 12.2 Å². The highest BCUT2D eigenvalue weighted by Gasteiger charge is 1.84. The maximum absolute atomic E-state index is 7.31. The van der Waals surface area contributed by atoms with Crippen LogP contribution in [0.5, 0.6) is 0 Å². The second-order valence-corrected chi connectivity index (χ2v) is 2.09. The molecule has 0 atom stereocenters. The van der Waals surface area contributed by atoms with E-state index in [1.165, 1.54) is 0 Å². The van der Waals surface area contributed by atoms with Crippen molar-refractivity contribution in [2.45, 2.75) is 33.1 Å². The SMILES string of the molecule is CC/C=C/C(=N)CCC. The fraction of sp³-hybridized carbons (Fsp3) is 0.625. The molecule has 52 valence electrons. The van der Waals surface area contributed by atoms with Gasteiger partial charge in [0.25, 0.3) is 0 Å². The van der Waals surface area contributed by atoms with Gasteiger partial charge in [0, 0.05) is 5.71 Å². The molecule has 0 radical (unpaired) electrons.